The molecule has 0 aromatic carbocycles. The van der Waals surface area contributed by atoms with Crippen LogP contribution in [0.3, 0.4) is 0 Å². The quantitative estimate of drug-likeness (QED) is 0.763. The van der Waals surface area contributed by atoms with E-state index < -0.39 is 0 Å². The van der Waals surface area contributed by atoms with Gasteiger partial charge in [-0.2, -0.15) is 0 Å². The molecule has 0 radical (unpaired) electrons. The van der Waals surface area contributed by atoms with Crippen molar-refractivity contribution in [1.29, 1.82) is 0 Å². The summed E-state index contributed by atoms with van der Waals surface area (Å²) in [5.74, 6) is 1.60. The number of imidazole rings is 1. The minimum absolute atomic E-state index is 0.458. The van der Waals surface area contributed by atoms with Gasteiger partial charge >= 0.3 is 0 Å². The summed E-state index contributed by atoms with van der Waals surface area (Å²) in [5, 5.41) is 3.41. The molecule has 0 aliphatic carbocycles. The van der Waals surface area contributed by atoms with Crippen molar-refractivity contribution < 1.29 is 0 Å². The largest absolute Gasteiger partial charge is 0.338 e. The van der Waals surface area contributed by atoms with Crippen molar-refractivity contribution in [1.82, 2.24) is 14.9 Å². The van der Waals surface area contributed by atoms with E-state index in [1.807, 2.05) is 19.4 Å². The van der Waals surface area contributed by atoms with Gasteiger partial charge < -0.3 is 9.88 Å². The Labute approximate surface area is 80.2 Å². The number of rotatable bonds is 4. The Morgan fingerprint density at radius 1 is 1.54 bits per heavy atom. The van der Waals surface area contributed by atoms with Crippen molar-refractivity contribution in [2.24, 2.45) is 7.05 Å². The van der Waals surface area contributed by atoms with Crippen molar-refractivity contribution in [3.05, 3.63) is 18.2 Å². The molecule has 0 aliphatic rings. The van der Waals surface area contributed by atoms with E-state index in [4.69, 9.17) is 0 Å². The second-order valence-electron chi connectivity index (χ2n) is 3.53. The van der Waals surface area contributed by atoms with Crippen molar-refractivity contribution in [2.75, 3.05) is 6.54 Å². The van der Waals surface area contributed by atoms with Crippen LogP contribution in [0.1, 0.15) is 32.5 Å². The van der Waals surface area contributed by atoms with Gasteiger partial charge in [-0.15, -0.1) is 0 Å². The first-order valence-electron chi connectivity index (χ1n) is 4.87. The first-order valence-corrected chi connectivity index (χ1v) is 4.87. The van der Waals surface area contributed by atoms with Gasteiger partial charge in [-0.25, -0.2) is 4.98 Å². The molecular formula is C10H19N3. The van der Waals surface area contributed by atoms with E-state index in [2.05, 4.69) is 35.6 Å². The van der Waals surface area contributed by atoms with Gasteiger partial charge in [0.2, 0.25) is 0 Å². The van der Waals surface area contributed by atoms with Crippen molar-refractivity contribution in [3.63, 3.8) is 0 Å². The number of aryl methyl sites for hydroxylation is 1. The Balaban J connectivity index is 2.67. The van der Waals surface area contributed by atoms with Crippen LogP contribution < -0.4 is 5.32 Å². The normalized spacial score (nSPS) is 15.7. The molecular weight excluding hydrogens is 162 g/mol. The number of hydrogen-bond donors (Lipinski definition) is 1. The van der Waals surface area contributed by atoms with Gasteiger partial charge in [-0.1, -0.05) is 13.8 Å². The van der Waals surface area contributed by atoms with Crippen LogP contribution in [0.25, 0.3) is 0 Å². The van der Waals surface area contributed by atoms with Gasteiger partial charge in [0.25, 0.3) is 0 Å². The molecule has 1 aromatic rings. The summed E-state index contributed by atoms with van der Waals surface area (Å²) in [6.07, 6.45) is 3.84. The average molecular weight is 181 g/mol. The number of nitrogens with zero attached hydrogens (tertiary/aromatic N) is 2. The van der Waals surface area contributed by atoms with Gasteiger partial charge in [-0.05, 0) is 13.5 Å². The lowest BCUT2D eigenvalue weighted by Crippen LogP contribution is -2.31. The van der Waals surface area contributed by atoms with Crippen molar-refractivity contribution >= 4 is 0 Å². The number of nitrogens with one attached hydrogen (secondary N) is 1. The smallest absolute Gasteiger partial charge is 0.112 e. The lowest BCUT2D eigenvalue weighted by Gasteiger charge is -2.20. The zero-order chi connectivity index (χ0) is 9.84. The highest BCUT2D eigenvalue weighted by molar-refractivity contribution is 5.01. The van der Waals surface area contributed by atoms with E-state index in [1.165, 1.54) is 0 Å². The fourth-order valence-corrected chi connectivity index (χ4v) is 1.54. The van der Waals surface area contributed by atoms with Crippen LogP contribution >= 0.6 is 0 Å². The highest BCUT2D eigenvalue weighted by Crippen LogP contribution is 2.15. The molecule has 0 bridgehead atoms. The van der Waals surface area contributed by atoms with Crippen molar-refractivity contribution in [2.45, 2.75) is 32.7 Å². The third kappa shape index (κ3) is 2.31. The van der Waals surface area contributed by atoms with Crippen molar-refractivity contribution in [3.8, 4) is 0 Å². The first-order chi connectivity index (χ1) is 6.16. The lowest BCUT2D eigenvalue weighted by atomic mass is 10.0. The van der Waals surface area contributed by atoms with Crippen LogP contribution in [0, 0.1) is 0 Å². The summed E-state index contributed by atoms with van der Waals surface area (Å²) < 4.78 is 2.08. The fourth-order valence-electron chi connectivity index (χ4n) is 1.54. The fraction of sp³-hybridized carbons (Fsp3) is 0.700. The van der Waals surface area contributed by atoms with Crippen LogP contribution in [0.5, 0.6) is 0 Å². The third-order valence-corrected chi connectivity index (χ3v) is 2.54. The summed E-state index contributed by atoms with van der Waals surface area (Å²) in [6.45, 7) is 7.54. The molecule has 0 saturated heterocycles. The zero-order valence-corrected chi connectivity index (χ0v) is 8.91. The minimum Gasteiger partial charge on any atom is -0.338 e. The molecule has 13 heavy (non-hydrogen) atoms. The van der Waals surface area contributed by atoms with E-state index in [0.29, 0.717) is 12.0 Å². The first kappa shape index (κ1) is 10.3. The summed E-state index contributed by atoms with van der Waals surface area (Å²) in [4.78, 5) is 4.34. The molecule has 3 nitrogen and oxygen atoms in total. The second-order valence-corrected chi connectivity index (χ2v) is 3.53. The van der Waals surface area contributed by atoms with Gasteiger partial charge in [-0.3, -0.25) is 0 Å². The maximum atomic E-state index is 4.34. The van der Waals surface area contributed by atoms with Gasteiger partial charge in [0, 0.05) is 31.4 Å². The number of aromatic nitrogens is 2. The molecule has 1 heterocycles. The standard InChI is InChI=1S/C10H19N3/c1-5-11-9(3)8(2)10-12-6-7-13(10)4/h6-9,11H,5H2,1-4H3. The van der Waals surface area contributed by atoms with Crippen LogP contribution in [-0.4, -0.2) is 22.1 Å². The van der Waals surface area contributed by atoms with Crippen LogP contribution in [0.4, 0.5) is 0 Å². The Morgan fingerprint density at radius 3 is 2.69 bits per heavy atom. The molecule has 2 atom stereocenters. The van der Waals surface area contributed by atoms with E-state index in [0.717, 1.165) is 12.4 Å². The minimum atomic E-state index is 0.458. The third-order valence-electron chi connectivity index (χ3n) is 2.54. The Kier molecular flexibility index (Phi) is 3.48. The summed E-state index contributed by atoms with van der Waals surface area (Å²) in [5.41, 5.74) is 0. The van der Waals surface area contributed by atoms with E-state index in [9.17, 15) is 0 Å². The van der Waals surface area contributed by atoms with Crippen LogP contribution in [0.2, 0.25) is 0 Å². The van der Waals surface area contributed by atoms with E-state index in [-0.39, 0.29) is 0 Å². The molecule has 1 N–H and O–H groups in total. The lowest BCUT2D eigenvalue weighted by molar-refractivity contribution is 0.470. The van der Waals surface area contributed by atoms with Crippen LogP contribution in [-0.2, 0) is 7.05 Å². The monoisotopic (exact) mass is 181 g/mol. The molecule has 1 rings (SSSR count). The predicted molar refractivity (Wildman–Crippen MR) is 54.8 cm³/mol. The molecule has 0 amide bonds. The predicted octanol–water partition coefficient (Wildman–Crippen LogP) is 1.52. The molecule has 1 aromatic heterocycles. The average Bonchev–Trinajstić information content (AvgIpc) is 2.50. The molecule has 74 valence electrons. The maximum Gasteiger partial charge on any atom is 0.112 e. The van der Waals surface area contributed by atoms with Crippen LogP contribution in [0.15, 0.2) is 12.4 Å². The molecule has 0 saturated carbocycles. The van der Waals surface area contributed by atoms with Gasteiger partial charge in [0.1, 0.15) is 5.82 Å². The zero-order valence-electron chi connectivity index (χ0n) is 8.91. The molecule has 0 aliphatic heterocycles. The van der Waals surface area contributed by atoms with Gasteiger partial charge in [0.15, 0.2) is 0 Å². The molecule has 0 spiro atoms. The van der Waals surface area contributed by atoms with Gasteiger partial charge in [0.05, 0.1) is 0 Å². The summed E-state index contributed by atoms with van der Waals surface area (Å²) >= 11 is 0. The summed E-state index contributed by atoms with van der Waals surface area (Å²) in [6, 6.07) is 0.478. The summed E-state index contributed by atoms with van der Waals surface area (Å²) in [7, 11) is 2.04. The van der Waals surface area contributed by atoms with E-state index >= 15 is 0 Å². The Morgan fingerprint density at radius 2 is 2.23 bits per heavy atom. The molecule has 2 unspecified atom stereocenters. The second kappa shape index (κ2) is 4.42. The SMILES string of the molecule is CCNC(C)C(C)c1nccn1C. The topological polar surface area (TPSA) is 29.9 Å². The highest BCUT2D eigenvalue weighted by atomic mass is 15.0. The molecule has 3 heteroatoms. The number of hydrogen-bond acceptors (Lipinski definition) is 2. The Bertz CT molecular complexity index is 254. The number of likely N-dealkylation sites (N-methyl/N-ethyl adjacent to an activating group) is 1. The highest BCUT2D eigenvalue weighted by Gasteiger charge is 2.16. The Hall–Kier alpha value is -0.830. The maximum absolute atomic E-state index is 4.34. The van der Waals surface area contributed by atoms with E-state index in [1.54, 1.807) is 0 Å². The molecule has 0 fully saturated rings.